The van der Waals surface area contributed by atoms with E-state index < -0.39 is 5.60 Å². The topological polar surface area (TPSA) is 41.6 Å². The van der Waals surface area contributed by atoms with E-state index in [1.165, 1.54) is 19.3 Å². The van der Waals surface area contributed by atoms with E-state index in [0.717, 1.165) is 32.0 Å². The monoisotopic (exact) mass is 312 g/mol. The SMILES string of the molecule is CCCC(C)CC(NCC)C1CCN(C(=O)OC(C)(C)C)C1. The van der Waals surface area contributed by atoms with Gasteiger partial charge in [0.2, 0.25) is 0 Å². The lowest BCUT2D eigenvalue weighted by Gasteiger charge is -2.28. The fraction of sp³-hybridized carbons (Fsp3) is 0.944. The Morgan fingerprint density at radius 1 is 1.36 bits per heavy atom. The molecule has 0 bridgehead atoms. The van der Waals surface area contributed by atoms with Crippen molar-refractivity contribution in [2.45, 2.75) is 78.9 Å². The van der Waals surface area contributed by atoms with Crippen LogP contribution in [0, 0.1) is 11.8 Å². The Morgan fingerprint density at radius 2 is 2.05 bits per heavy atom. The molecule has 1 fully saturated rings. The third kappa shape index (κ3) is 6.55. The van der Waals surface area contributed by atoms with Crippen LogP contribution in [0.1, 0.15) is 67.2 Å². The summed E-state index contributed by atoms with van der Waals surface area (Å²) in [4.78, 5) is 14.1. The number of nitrogens with one attached hydrogen (secondary N) is 1. The molecule has 1 aliphatic rings. The lowest BCUT2D eigenvalue weighted by Crippen LogP contribution is -2.40. The highest BCUT2D eigenvalue weighted by molar-refractivity contribution is 5.68. The van der Waals surface area contributed by atoms with Crippen LogP contribution in [0.3, 0.4) is 0 Å². The Balaban J connectivity index is 2.55. The Bertz CT molecular complexity index is 338. The number of hydrogen-bond acceptors (Lipinski definition) is 3. The van der Waals surface area contributed by atoms with Crippen molar-refractivity contribution >= 4 is 6.09 Å². The summed E-state index contributed by atoms with van der Waals surface area (Å²) >= 11 is 0. The quantitative estimate of drug-likeness (QED) is 0.771. The lowest BCUT2D eigenvalue weighted by atomic mass is 9.88. The van der Waals surface area contributed by atoms with Crippen LogP contribution in [0.2, 0.25) is 0 Å². The molecule has 0 aliphatic carbocycles. The largest absolute Gasteiger partial charge is 0.444 e. The van der Waals surface area contributed by atoms with E-state index in [1.54, 1.807) is 0 Å². The number of hydrogen-bond donors (Lipinski definition) is 1. The molecule has 4 nitrogen and oxygen atoms in total. The fourth-order valence-corrected chi connectivity index (χ4v) is 3.36. The maximum Gasteiger partial charge on any atom is 0.410 e. The second-order valence-corrected chi connectivity index (χ2v) is 7.77. The zero-order valence-corrected chi connectivity index (χ0v) is 15.4. The molecule has 1 heterocycles. The van der Waals surface area contributed by atoms with E-state index in [9.17, 15) is 4.79 Å². The molecule has 1 saturated heterocycles. The molecule has 4 heteroatoms. The van der Waals surface area contributed by atoms with Gasteiger partial charge in [-0.25, -0.2) is 4.79 Å². The minimum atomic E-state index is -0.411. The van der Waals surface area contributed by atoms with Crippen molar-refractivity contribution in [3.05, 3.63) is 0 Å². The van der Waals surface area contributed by atoms with Crippen LogP contribution in [0.5, 0.6) is 0 Å². The predicted molar refractivity (Wildman–Crippen MR) is 92.1 cm³/mol. The van der Waals surface area contributed by atoms with E-state index in [0.29, 0.717) is 12.0 Å². The lowest BCUT2D eigenvalue weighted by molar-refractivity contribution is 0.0285. The maximum absolute atomic E-state index is 12.2. The molecule has 1 amide bonds. The molecular formula is C18H36N2O2. The van der Waals surface area contributed by atoms with Gasteiger partial charge in [-0.15, -0.1) is 0 Å². The van der Waals surface area contributed by atoms with Gasteiger partial charge in [0.05, 0.1) is 0 Å². The average molecular weight is 312 g/mol. The number of amides is 1. The molecular weight excluding hydrogens is 276 g/mol. The maximum atomic E-state index is 12.2. The number of rotatable bonds is 7. The molecule has 130 valence electrons. The molecule has 0 saturated carbocycles. The van der Waals surface area contributed by atoms with Gasteiger partial charge in [0.1, 0.15) is 5.60 Å². The van der Waals surface area contributed by atoms with Crippen LogP contribution in [0.15, 0.2) is 0 Å². The van der Waals surface area contributed by atoms with Gasteiger partial charge in [-0.05, 0) is 52.0 Å². The molecule has 1 aliphatic heterocycles. The Kier molecular flexibility index (Phi) is 7.67. The van der Waals surface area contributed by atoms with E-state index in [2.05, 4.69) is 26.1 Å². The zero-order chi connectivity index (χ0) is 16.8. The van der Waals surface area contributed by atoms with Crippen LogP contribution in [0.25, 0.3) is 0 Å². The Morgan fingerprint density at radius 3 is 2.59 bits per heavy atom. The first-order valence-corrected chi connectivity index (χ1v) is 8.98. The van der Waals surface area contributed by atoms with Gasteiger partial charge in [-0.1, -0.05) is 33.6 Å². The normalized spacial score (nSPS) is 21.7. The van der Waals surface area contributed by atoms with Gasteiger partial charge in [0.15, 0.2) is 0 Å². The zero-order valence-electron chi connectivity index (χ0n) is 15.4. The van der Waals surface area contributed by atoms with Crippen molar-refractivity contribution in [2.75, 3.05) is 19.6 Å². The van der Waals surface area contributed by atoms with Crippen LogP contribution < -0.4 is 5.32 Å². The van der Waals surface area contributed by atoms with Gasteiger partial charge in [0, 0.05) is 19.1 Å². The summed E-state index contributed by atoms with van der Waals surface area (Å²) < 4.78 is 5.50. The third-order valence-corrected chi connectivity index (χ3v) is 4.35. The van der Waals surface area contributed by atoms with Crippen LogP contribution in [0.4, 0.5) is 4.79 Å². The first-order valence-electron chi connectivity index (χ1n) is 8.98. The highest BCUT2D eigenvalue weighted by Crippen LogP contribution is 2.26. The van der Waals surface area contributed by atoms with Crippen molar-refractivity contribution in [2.24, 2.45) is 11.8 Å². The number of carbonyl (C=O) groups is 1. The minimum Gasteiger partial charge on any atom is -0.444 e. The summed E-state index contributed by atoms with van der Waals surface area (Å²) in [5.41, 5.74) is -0.411. The van der Waals surface area contributed by atoms with E-state index in [1.807, 2.05) is 25.7 Å². The molecule has 22 heavy (non-hydrogen) atoms. The number of likely N-dealkylation sites (tertiary alicyclic amines) is 1. The second kappa shape index (κ2) is 8.76. The first kappa shape index (κ1) is 19.3. The smallest absolute Gasteiger partial charge is 0.410 e. The van der Waals surface area contributed by atoms with Crippen LogP contribution in [-0.2, 0) is 4.74 Å². The fourth-order valence-electron chi connectivity index (χ4n) is 3.36. The van der Waals surface area contributed by atoms with Gasteiger partial charge < -0.3 is 15.0 Å². The second-order valence-electron chi connectivity index (χ2n) is 7.77. The summed E-state index contributed by atoms with van der Waals surface area (Å²) in [6.45, 7) is 15.2. The molecule has 0 radical (unpaired) electrons. The van der Waals surface area contributed by atoms with Gasteiger partial charge in [-0.2, -0.15) is 0 Å². The number of nitrogens with zero attached hydrogens (tertiary/aromatic N) is 1. The van der Waals surface area contributed by atoms with Crippen molar-refractivity contribution < 1.29 is 9.53 Å². The summed E-state index contributed by atoms with van der Waals surface area (Å²) in [6.07, 6.45) is 4.65. The van der Waals surface area contributed by atoms with Gasteiger partial charge in [0.25, 0.3) is 0 Å². The first-order chi connectivity index (χ1) is 10.3. The predicted octanol–water partition coefficient (Wildman–Crippen LogP) is 4.05. The molecule has 0 aromatic carbocycles. The van der Waals surface area contributed by atoms with Crippen molar-refractivity contribution in [3.8, 4) is 0 Å². The van der Waals surface area contributed by atoms with Crippen molar-refractivity contribution in [1.82, 2.24) is 10.2 Å². The molecule has 0 aromatic heterocycles. The van der Waals surface area contributed by atoms with E-state index in [4.69, 9.17) is 4.74 Å². The molecule has 3 atom stereocenters. The number of ether oxygens (including phenoxy) is 1. The van der Waals surface area contributed by atoms with E-state index >= 15 is 0 Å². The Labute approximate surface area is 137 Å². The van der Waals surface area contributed by atoms with Crippen LogP contribution >= 0.6 is 0 Å². The third-order valence-electron chi connectivity index (χ3n) is 4.35. The standard InChI is InChI=1S/C18H36N2O2/c1-7-9-14(3)12-16(19-8-2)15-10-11-20(13-15)17(21)22-18(4,5)6/h14-16,19H,7-13H2,1-6H3. The Hall–Kier alpha value is -0.770. The summed E-state index contributed by atoms with van der Waals surface area (Å²) in [6, 6.07) is 0.513. The van der Waals surface area contributed by atoms with E-state index in [-0.39, 0.29) is 6.09 Å². The summed E-state index contributed by atoms with van der Waals surface area (Å²) in [5, 5.41) is 3.64. The molecule has 0 spiro atoms. The summed E-state index contributed by atoms with van der Waals surface area (Å²) in [7, 11) is 0. The molecule has 1 N–H and O–H groups in total. The molecule has 3 unspecified atom stereocenters. The minimum absolute atomic E-state index is 0.160. The van der Waals surface area contributed by atoms with Gasteiger partial charge >= 0.3 is 6.09 Å². The molecule has 0 aromatic rings. The highest BCUT2D eigenvalue weighted by Gasteiger charge is 2.34. The number of carbonyl (C=O) groups excluding carboxylic acids is 1. The van der Waals surface area contributed by atoms with Crippen LogP contribution in [-0.4, -0.2) is 42.3 Å². The van der Waals surface area contributed by atoms with Crippen molar-refractivity contribution in [3.63, 3.8) is 0 Å². The molecule has 1 rings (SSSR count). The summed E-state index contributed by atoms with van der Waals surface area (Å²) in [5.74, 6) is 1.29. The highest BCUT2D eigenvalue weighted by atomic mass is 16.6. The van der Waals surface area contributed by atoms with Gasteiger partial charge in [-0.3, -0.25) is 0 Å². The average Bonchev–Trinajstić information content (AvgIpc) is 2.86. The van der Waals surface area contributed by atoms with Crippen molar-refractivity contribution in [1.29, 1.82) is 0 Å².